The van der Waals surface area contributed by atoms with E-state index in [0.717, 1.165) is 37.6 Å². The summed E-state index contributed by atoms with van der Waals surface area (Å²) in [4.78, 5) is 23.2. The molecule has 1 N–H and O–H groups in total. The Labute approximate surface area is 130 Å². The second kappa shape index (κ2) is 6.21. The SMILES string of the molecule is Cn1ccnc1C(NC(=O)N1CCCCC1)c1nccn1C. The van der Waals surface area contributed by atoms with Gasteiger partial charge in [0, 0.05) is 52.0 Å². The number of imidazole rings is 2. The van der Waals surface area contributed by atoms with Crippen molar-refractivity contribution in [2.75, 3.05) is 13.1 Å². The minimum Gasteiger partial charge on any atom is -0.336 e. The molecule has 0 unspecified atom stereocenters. The Morgan fingerprint density at radius 1 is 1.05 bits per heavy atom. The lowest BCUT2D eigenvalue weighted by Gasteiger charge is -2.29. The fourth-order valence-corrected chi connectivity index (χ4v) is 2.87. The molecule has 3 heterocycles. The summed E-state index contributed by atoms with van der Waals surface area (Å²) in [6.07, 6.45) is 10.6. The maximum atomic E-state index is 12.6. The topological polar surface area (TPSA) is 68.0 Å². The molecule has 22 heavy (non-hydrogen) atoms. The molecule has 1 aliphatic rings. The van der Waals surface area contributed by atoms with Crippen molar-refractivity contribution in [3.8, 4) is 0 Å². The summed E-state index contributed by atoms with van der Waals surface area (Å²) in [5, 5.41) is 3.09. The molecule has 7 heteroatoms. The van der Waals surface area contributed by atoms with Crippen LogP contribution in [0, 0.1) is 0 Å². The Morgan fingerprint density at radius 2 is 1.59 bits per heavy atom. The van der Waals surface area contributed by atoms with Gasteiger partial charge in [0.15, 0.2) is 0 Å². The zero-order chi connectivity index (χ0) is 15.5. The molecule has 0 saturated carbocycles. The van der Waals surface area contributed by atoms with Gasteiger partial charge < -0.3 is 19.4 Å². The highest BCUT2D eigenvalue weighted by Crippen LogP contribution is 2.19. The van der Waals surface area contributed by atoms with Crippen LogP contribution < -0.4 is 5.32 Å². The van der Waals surface area contributed by atoms with Gasteiger partial charge in [-0.15, -0.1) is 0 Å². The first-order valence-electron chi connectivity index (χ1n) is 7.66. The number of amides is 2. The summed E-state index contributed by atoms with van der Waals surface area (Å²) in [6.45, 7) is 1.64. The van der Waals surface area contributed by atoms with Gasteiger partial charge in [0.1, 0.15) is 17.7 Å². The van der Waals surface area contributed by atoms with Gasteiger partial charge in [0.2, 0.25) is 0 Å². The predicted molar refractivity (Wildman–Crippen MR) is 82.2 cm³/mol. The van der Waals surface area contributed by atoms with E-state index in [4.69, 9.17) is 0 Å². The van der Waals surface area contributed by atoms with E-state index in [1.54, 1.807) is 12.4 Å². The summed E-state index contributed by atoms with van der Waals surface area (Å²) < 4.78 is 3.83. The smallest absolute Gasteiger partial charge is 0.318 e. The monoisotopic (exact) mass is 302 g/mol. The third-order valence-electron chi connectivity index (χ3n) is 4.14. The first-order valence-corrected chi connectivity index (χ1v) is 7.66. The number of rotatable bonds is 3. The number of hydrogen-bond acceptors (Lipinski definition) is 3. The number of aromatic nitrogens is 4. The van der Waals surface area contributed by atoms with Crippen LogP contribution in [0.1, 0.15) is 37.0 Å². The number of nitrogens with zero attached hydrogens (tertiary/aromatic N) is 5. The summed E-state index contributed by atoms with van der Waals surface area (Å²) >= 11 is 0. The van der Waals surface area contributed by atoms with E-state index >= 15 is 0 Å². The van der Waals surface area contributed by atoms with Crippen LogP contribution in [0.3, 0.4) is 0 Å². The molecule has 118 valence electrons. The van der Waals surface area contributed by atoms with Crippen molar-refractivity contribution in [2.45, 2.75) is 25.3 Å². The van der Waals surface area contributed by atoms with Crippen LogP contribution >= 0.6 is 0 Å². The number of hydrogen-bond donors (Lipinski definition) is 1. The second-order valence-electron chi connectivity index (χ2n) is 5.72. The Kier molecular flexibility index (Phi) is 4.13. The molecule has 3 rings (SSSR count). The minimum absolute atomic E-state index is 0.0456. The van der Waals surface area contributed by atoms with Gasteiger partial charge in [0.05, 0.1) is 0 Å². The largest absolute Gasteiger partial charge is 0.336 e. The average molecular weight is 302 g/mol. The highest BCUT2D eigenvalue weighted by Gasteiger charge is 2.27. The molecular weight excluding hydrogens is 280 g/mol. The number of carbonyl (C=O) groups is 1. The number of piperidine rings is 1. The molecule has 0 radical (unpaired) electrons. The molecule has 0 atom stereocenters. The molecule has 1 saturated heterocycles. The van der Waals surface area contributed by atoms with Gasteiger partial charge in [-0.05, 0) is 19.3 Å². The zero-order valence-corrected chi connectivity index (χ0v) is 13.1. The fraction of sp³-hybridized carbons (Fsp3) is 0.533. The van der Waals surface area contributed by atoms with Gasteiger partial charge in [0.25, 0.3) is 0 Å². The molecule has 0 bridgehead atoms. The van der Waals surface area contributed by atoms with Crippen molar-refractivity contribution in [3.05, 3.63) is 36.4 Å². The van der Waals surface area contributed by atoms with Crippen molar-refractivity contribution in [1.29, 1.82) is 0 Å². The normalized spacial score (nSPS) is 15.3. The number of carbonyl (C=O) groups excluding carboxylic acids is 1. The summed E-state index contributed by atoms with van der Waals surface area (Å²) in [5.74, 6) is 1.55. The van der Waals surface area contributed by atoms with Crippen LogP contribution in [0.5, 0.6) is 0 Å². The van der Waals surface area contributed by atoms with Crippen molar-refractivity contribution < 1.29 is 4.79 Å². The highest BCUT2D eigenvalue weighted by atomic mass is 16.2. The lowest BCUT2D eigenvalue weighted by Crippen LogP contribution is -2.45. The van der Waals surface area contributed by atoms with Gasteiger partial charge in [-0.3, -0.25) is 0 Å². The summed E-state index contributed by atoms with van der Waals surface area (Å²) in [6, 6.07) is -0.398. The maximum absolute atomic E-state index is 12.6. The van der Waals surface area contributed by atoms with E-state index in [9.17, 15) is 4.79 Å². The zero-order valence-electron chi connectivity index (χ0n) is 13.1. The van der Waals surface area contributed by atoms with E-state index in [1.807, 2.05) is 40.5 Å². The average Bonchev–Trinajstić information content (AvgIpc) is 3.14. The lowest BCUT2D eigenvalue weighted by atomic mass is 10.1. The first-order chi connectivity index (χ1) is 10.7. The third kappa shape index (κ3) is 2.84. The van der Waals surface area contributed by atoms with Crippen LogP contribution in [0.4, 0.5) is 4.79 Å². The minimum atomic E-state index is -0.352. The highest BCUT2D eigenvalue weighted by molar-refractivity contribution is 5.75. The van der Waals surface area contributed by atoms with Crippen LogP contribution in [0.25, 0.3) is 0 Å². The first kappa shape index (κ1) is 14.6. The molecule has 7 nitrogen and oxygen atoms in total. The summed E-state index contributed by atoms with van der Waals surface area (Å²) in [7, 11) is 3.84. The van der Waals surface area contributed by atoms with E-state index < -0.39 is 0 Å². The van der Waals surface area contributed by atoms with E-state index in [0.29, 0.717) is 0 Å². The molecule has 2 aromatic rings. The van der Waals surface area contributed by atoms with Crippen molar-refractivity contribution in [2.24, 2.45) is 14.1 Å². The molecule has 0 aromatic carbocycles. The Hall–Kier alpha value is -2.31. The second-order valence-corrected chi connectivity index (χ2v) is 5.72. The van der Waals surface area contributed by atoms with E-state index in [2.05, 4.69) is 15.3 Å². The van der Waals surface area contributed by atoms with Gasteiger partial charge in [-0.25, -0.2) is 14.8 Å². The molecule has 0 spiro atoms. The number of aryl methyl sites for hydroxylation is 2. The Balaban J connectivity index is 1.84. The van der Waals surface area contributed by atoms with Gasteiger partial charge in [-0.2, -0.15) is 0 Å². The number of likely N-dealkylation sites (tertiary alicyclic amines) is 1. The van der Waals surface area contributed by atoms with Crippen molar-refractivity contribution in [1.82, 2.24) is 29.3 Å². The Bertz CT molecular complexity index is 600. The molecule has 2 aromatic heterocycles. The molecular formula is C15H22N6O. The standard InChI is InChI=1S/C15H22N6O/c1-19-10-6-16-13(19)12(14-17-7-11-20(14)2)18-15(22)21-8-4-3-5-9-21/h6-7,10-12H,3-5,8-9H2,1-2H3,(H,18,22). The maximum Gasteiger partial charge on any atom is 0.318 e. The molecule has 2 amide bonds. The quantitative estimate of drug-likeness (QED) is 0.933. The molecule has 1 fully saturated rings. The Morgan fingerprint density at radius 3 is 2.05 bits per heavy atom. The number of urea groups is 1. The van der Waals surface area contributed by atoms with E-state index in [-0.39, 0.29) is 12.1 Å². The van der Waals surface area contributed by atoms with Crippen molar-refractivity contribution in [3.63, 3.8) is 0 Å². The van der Waals surface area contributed by atoms with Crippen molar-refractivity contribution >= 4 is 6.03 Å². The molecule has 1 aliphatic heterocycles. The lowest BCUT2D eigenvalue weighted by molar-refractivity contribution is 0.183. The van der Waals surface area contributed by atoms with Gasteiger partial charge >= 0.3 is 6.03 Å². The number of nitrogens with one attached hydrogen (secondary N) is 1. The van der Waals surface area contributed by atoms with E-state index in [1.165, 1.54) is 6.42 Å². The van der Waals surface area contributed by atoms with Crippen LogP contribution in [-0.2, 0) is 14.1 Å². The van der Waals surface area contributed by atoms with Crippen LogP contribution in [-0.4, -0.2) is 43.1 Å². The third-order valence-corrected chi connectivity index (χ3v) is 4.14. The van der Waals surface area contributed by atoms with Crippen LogP contribution in [0.2, 0.25) is 0 Å². The fourth-order valence-electron chi connectivity index (χ4n) is 2.87. The van der Waals surface area contributed by atoms with Crippen LogP contribution in [0.15, 0.2) is 24.8 Å². The predicted octanol–water partition coefficient (Wildman–Crippen LogP) is 1.44. The summed E-state index contributed by atoms with van der Waals surface area (Å²) in [5.41, 5.74) is 0. The molecule has 0 aliphatic carbocycles. The van der Waals surface area contributed by atoms with Gasteiger partial charge in [-0.1, -0.05) is 0 Å².